The summed E-state index contributed by atoms with van der Waals surface area (Å²) in [5.41, 5.74) is -0.422. The summed E-state index contributed by atoms with van der Waals surface area (Å²) < 4.78 is 11.1. The number of aryl methyl sites for hydroxylation is 1. The number of ether oxygens (including phenoxy) is 1. The van der Waals surface area contributed by atoms with Gasteiger partial charge in [-0.1, -0.05) is 0 Å². The fourth-order valence-electron chi connectivity index (χ4n) is 2.35. The standard InChI is InChI=1S/C15H16O6S/c1-7-4-10(16)9-5-8(2-3-12(9)20-7)21-15-14(19)13(18)11(17)6-22-15/h2-5,11,13-15,17-19H,6H2,1H3/t11-,13+,14-,15-/m1/s1. The van der Waals surface area contributed by atoms with E-state index in [0.717, 1.165) is 0 Å². The molecule has 0 unspecified atom stereocenters. The first-order valence-electron chi connectivity index (χ1n) is 6.82. The van der Waals surface area contributed by atoms with Crippen molar-refractivity contribution >= 4 is 22.7 Å². The molecule has 0 amide bonds. The van der Waals surface area contributed by atoms with Gasteiger partial charge in [0.2, 0.25) is 0 Å². The Kier molecular flexibility index (Phi) is 4.14. The smallest absolute Gasteiger partial charge is 0.193 e. The van der Waals surface area contributed by atoms with Crippen LogP contribution in [0.4, 0.5) is 0 Å². The summed E-state index contributed by atoms with van der Waals surface area (Å²) in [5.74, 6) is 1.18. The molecule has 2 aromatic rings. The van der Waals surface area contributed by atoms with Crippen molar-refractivity contribution in [1.82, 2.24) is 0 Å². The van der Waals surface area contributed by atoms with Crippen LogP contribution in [0.25, 0.3) is 11.0 Å². The molecule has 0 radical (unpaired) electrons. The molecule has 6 nitrogen and oxygen atoms in total. The Balaban J connectivity index is 1.87. The van der Waals surface area contributed by atoms with Gasteiger partial charge in [0.25, 0.3) is 0 Å². The molecule has 2 heterocycles. The summed E-state index contributed by atoms with van der Waals surface area (Å²) in [6.45, 7) is 1.70. The second kappa shape index (κ2) is 5.92. The number of hydrogen-bond donors (Lipinski definition) is 3. The normalized spacial score (nSPS) is 28.7. The van der Waals surface area contributed by atoms with Crippen LogP contribution in [0.5, 0.6) is 5.75 Å². The predicted molar refractivity (Wildman–Crippen MR) is 82.1 cm³/mol. The fraction of sp³-hybridized carbons (Fsp3) is 0.400. The van der Waals surface area contributed by atoms with Crippen molar-refractivity contribution in [3.8, 4) is 5.75 Å². The van der Waals surface area contributed by atoms with Gasteiger partial charge >= 0.3 is 0 Å². The van der Waals surface area contributed by atoms with Crippen LogP contribution in [0.1, 0.15) is 5.76 Å². The van der Waals surface area contributed by atoms with Gasteiger partial charge in [-0.05, 0) is 25.1 Å². The molecule has 0 bridgehead atoms. The first kappa shape index (κ1) is 15.4. The zero-order valence-electron chi connectivity index (χ0n) is 11.8. The van der Waals surface area contributed by atoms with Gasteiger partial charge < -0.3 is 24.5 Å². The monoisotopic (exact) mass is 324 g/mol. The van der Waals surface area contributed by atoms with E-state index < -0.39 is 23.7 Å². The highest BCUT2D eigenvalue weighted by Gasteiger charge is 2.38. The average molecular weight is 324 g/mol. The molecule has 22 heavy (non-hydrogen) atoms. The minimum absolute atomic E-state index is 0.170. The number of thioether (sulfide) groups is 1. The summed E-state index contributed by atoms with van der Waals surface area (Å²) in [5, 5.41) is 29.5. The summed E-state index contributed by atoms with van der Waals surface area (Å²) in [6.07, 6.45) is -3.44. The Bertz CT molecular complexity index is 742. The molecule has 0 saturated carbocycles. The van der Waals surface area contributed by atoms with E-state index in [9.17, 15) is 20.1 Å². The Morgan fingerprint density at radius 3 is 2.77 bits per heavy atom. The second-order valence-electron chi connectivity index (χ2n) is 5.25. The summed E-state index contributed by atoms with van der Waals surface area (Å²) in [6, 6.07) is 6.21. The summed E-state index contributed by atoms with van der Waals surface area (Å²) >= 11 is 1.21. The van der Waals surface area contributed by atoms with Crippen molar-refractivity contribution in [1.29, 1.82) is 0 Å². The third-order valence-electron chi connectivity index (χ3n) is 3.53. The molecule has 1 aliphatic rings. The van der Waals surface area contributed by atoms with Gasteiger partial charge in [0.1, 0.15) is 29.3 Å². The fourth-order valence-corrected chi connectivity index (χ4v) is 3.47. The molecular formula is C15H16O6S. The molecule has 1 aromatic carbocycles. The third-order valence-corrected chi connectivity index (χ3v) is 4.77. The van der Waals surface area contributed by atoms with E-state index in [4.69, 9.17) is 9.15 Å². The number of fused-ring (bicyclic) bond motifs is 1. The minimum Gasteiger partial charge on any atom is -0.477 e. The van der Waals surface area contributed by atoms with E-state index in [2.05, 4.69) is 0 Å². The Morgan fingerprint density at radius 1 is 1.23 bits per heavy atom. The van der Waals surface area contributed by atoms with Crippen LogP contribution >= 0.6 is 11.8 Å². The molecule has 1 aliphatic heterocycles. The lowest BCUT2D eigenvalue weighted by Crippen LogP contribution is -2.50. The van der Waals surface area contributed by atoms with E-state index in [1.807, 2.05) is 0 Å². The Hall–Kier alpha value is -1.54. The maximum absolute atomic E-state index is 12.0. The van der Waals surface area contributed by atoms with E-state index in [0.29, 0.717) is 22.5 Å². The highest BCUT2D eigenvalue weighted by molar-refractivity contribution is 7.99. The maximum atomic E-state index is 12.0. The molecule has 118 valence electrons. The van der Waals surface area contributed by atoms with E-state index in [-0.39, 0.29) is 11.2 Å². The number of benzene rings is 1. The Morgan fingerprint density at radius 2 is 2.00 bits per heavy atom. The van der Waals surface area contributed by atoms with Crippen molar-refractivity contribution in [3.05, 3.63) is 40.2 Å². The molecule has 4 atom stereocenters. The maximum Gasteiger partial charge on any atom is 0.193 e. The zero-order chi connectivity index (χ0) is 15.9. The summed E-state index contributed by atoms with van der Waals surface area (Å²) in [4.78, 5) is 12.0. The second-order valence-corrected chi connectivity index (χ2v) is 6.38. The molecular weight excluding hydrogens is 308 g/mol. The van der Waals surface area contributed by atoms with Crippen molar-refractivity contribution in [2.45, 2.75) is 30.7 Å². The lowest BCUT2D eigenvalue weighted by molar-refractivity contribution is -0.0785. The molecule has 0 aliphatic carbocycles. The van der Waals surface area contributed by atoms with Crippen molar-refractivity contribution in [3.63, 3.8) is 0 Å². The quantitative estimate of drug-likeness (QED) is 0.745. The average Bonchev–Trinajstić information content (AvgIpc) is 2.48. The van der Waals surface area contributed by atoms with Gasteiger partial charge in [0, 0.05) is 11.8 Å². The SMILES string of the molecule is Cc1cc(=O)c2cc(O[C@@H]3SC[C@@H](O)[C@H](O)[C@H]3O)ccc2o1. The van der Waals surface area contributed by atoms with Gasteiger partial charge in [-0.15, -0.1) is 11.8 Å². The van der Waals surface area contributed by atoms with E-state index in [1.54, 1.807) is 25.1 Å². The lowest BCUT2D eigenvalue weighted by atomic mass is 10.1. The van der Waals surface area contributed by atoms with Gasteiger partial charge in [-0.3, -0.25) is 4.79 Å². The van der Waals surface area contributed by atoms with Crippen LogP contribution in [-0.4, -0.2) is 44.8 Å². The minimum atomic E-state index is -1.25. The lowest BCUT2D eigenvalue weighted by Gasteiger charge is -2.34. The molecule has 7 heteroatoms. The van der Waals surface area contributed by atoms with Crippen molar-refractivity contribution < 1.29 is 24.5 Å². The van der Waals surface area contributed by atoms with Crippen LogP contribution in [0.3, 0.4) is 0 Å². The van der Waals surface area contributed by atoms with Gasteiger partial charge in [-0.25, -0.2) is 0 Å². The molecule has 0 spiro atoms. The molecule has 3 rings (SSSR count). The zero-order valence-corrected chi connectivity index (χ0v) is 12.6. The van der Waals surface area contributed by atoms with Gasteiger partial charge in [-0.2, -0.15) is 0 Å². The van der Waals surface area contributed by atoms with Gasteiger partial charge in [0.05, 0.1) is 11.5 Å². The molecule has 1 fully saturated rings. The first-order valence-corrected chi connectivity index (χ1v) is 7.87. The van der Waals surface area contributed by atoms with E-state index in [1.165, 1.54) is 17.8 Å². The highest BCUT2D eigenvalue weighted by atomic mass is 32.2. The number of rotatable bonds is 2. The van der Waals surface area contributed by atoms with Gasteiger partial charge in [0.15, 0.2) is 10.9 Å². The molecule has 3 N–H and O–H groups in total. The van der Waals surface area contributed by atoms with Crippen LogP contribution in [-0.2, 0) is 0 Å². The molecule has 1 saturated heterocycles. The third kappa shape index (κ3) is 2.85. The Labute approximate surface area is 130 Å². The number of hydrogen-bond acceptors (Lipinski definition) is 7. The van der Waals surface area contributed by atoms with Crippen molar-refractivity contribution in [2.24, 2.45) is 0 Å². The van der Waals surface area contributed by atoms with E-state index >= 15 is 0 Å². The van der Waals surface area contributed by atoms with Crippen molar-refractivity contribution in [2.75, 3.05) is 5.75 Å². The number of aliphatic hydroxyl groups is 3. The van der Waals surface area contributed by atoms with Crippen LogP contribution in [0.2, 0.25) is 0 Å². The summed E-state index contributed by atoms with van der Waals surface area (Å²) in [7, 11) is 0. The topological polar surface area (TPSA) is 100 Å². The molecule has 1 aromatic heterocycles. The largest absolute Gasteiger partial charge is 0.477 e. The highest BCUT2D eigenvalue weighted by Crippen LogP contribution is 2.30. The van der Waals surface area contributed by atoms with Crippen LogP contribution in [0.15, 0.2) is 33.5 Å². The van der Waals surface area contributed by atoms with Crippen LogP contribution in [0, 0.1) is 6.92 Å². The predicted octanol–water partition coefficient (Wildman–Crippen LogP) is 0.636. The number of aliphatic hydroxyl groups excluding tert-OH is 3. The van der Waals surface area contributed by atoms with Crippen LogP contribution < -0.4 is 10.2 Å². The first-order chi connectivity index (χ1) is 10.5.